The summed E-state index contributed by atoms with van der Waals surface area (Å²) in [7, 11) is 0. The molecule has 1 aromatic carbocycles. The Balaban J connectivity index is 1.82. The standard InChI is InChI=1S/C16H19FN4O3/c1-3-4-12-9-14(19-18-12)16(23)21-20-15(22)10(2)24-13-7-5-11(17)6-8-13/h5-10H,3-4H2,1-2H3,(H,18,19)(H,20,22)(H,21,23). The molecule has 1 heterocycles. The van der Waals surface area contributed by atoms with Crippen molar-refractivity contribution < 1.29 is 18.7 Å². The Hall–Kier alpha value is -2.90. The van der Waals surface area contributed by atoms with E-state index in [-0.39, 0.29) is 5.69 Å². The number of amides is 2. The SMILES string of the molecule is CCCc1cc(C(=O)NNC(=O)C(C)Oc2ccc(F)cc2)n[nH]1. The molecule has 1 unspecified atom stereocenters. The van der Waals surface area contributed by atoms with E-state index in [1.807, 2.05) is 6.92 Å². The molecule has 1 aromatic heterocycles. The smallest absolute Gasteiger partial charge is 0.290 e. The number of rotatable bonds is 6. The van der Waals surface area contributed by atoms with Crippen molar-refractivity contribution >= 4 is 11.8 Å². The summed E-state index contributed by atoms with van der Waals surface area (Å²) in [6.45, 7) is 3.53. The number of aryl methyl sites for hydroxylation is 1. The van der Waals surface area contributed by atoms with Crippen molar-refractivity contribution in [3.8, 4) is 5.75 Å². The first-order valence-corrected chi connectivity index (χ1v) is 7.56. The number of ether oxygens (including phenoxy) is 1. The third-order valence-electron chi connectivity index (χ3n) is 3.18. The van der Waals surface area contributed by atoms with E-state index in [1.165, 1.54) is 31.2 Å². The highest BCUT2D eigenvalue weighted by Crippen LogP contribution is 2.12. The number of aromatic nitrogens is 2. The molecule has 0 bridgehead atoms. The molecule has 3 N–H and O–H groups in total. The minimum atomic E-state index is -0.870. The van der Waals surface area contributed by atoms with Gasteiger partial charge in [-0.2, -0.15) is 5.10 Å². The lowest BCUT2D eigenvalue weighted by atomic mass is 10.2. The molecule has 2 rings (SSSR count). The lowest BCUT2D eigenvalue weighted by Gasteiger charge is -2.14. The Morgan fingerprint density at radius 1 is 1.29 bits per heavy atom. The van der Waals surface area contributed by atoms with Gasteiger partial charge in [-0.25, -0.2) is 4.39 Å². The zero-order valence-electron chi connectivity index (χ0n) is 13.4. The number of hydrazine groups is 1. The van der Waals surface area contributed by atoms with Crippen molar-refractivity contribution in [3.05, 3.63) is 47.5 Å². The predicted octanol–water partition coefficient (Wildman–Crippen LogP) is 1.73. The van der Waals surface area contributed by atoms with Gasteiger partial charge in [-0.05, 0) is 43.7 Å². The van der Waals surface area contributed by atoms with Crippen molar-refractivity contribution in [1.82, 2.24) is 21.0 Å². The third kappa shape index (κ3) is 4.80. The molecular formula is C16H19FN4O3. The van der Waals surface area contributed by atoms with Crippen LogP contribution in [0.15, 0.2) is 30.3 Å². The fourth-order valence-corrected chi connectivity index (χ4v) is 1.93. The Kier molecular flexibility index (Phi) is 5.89. The summed E-state index contributed by atoms with van der Waals surface area (Å²) in [5.74, 6) is -1.12. The number of H-pyrrole nitrogens is 1. The number of carbonyl (C=O) groups is 2. The molecule has 0 aliphatic rings. The summed E-state index contributed by atoms with van der Waals surface area (Å²) >= 11 is 0. The summed E-state index contributed by atoms with van der Waals surface area (Å²) in [5.41, 5.74) is 5.57. The molecule has 128 valence electrons. The summed E-state index contributed by atoms with van der Waals surface area (Å²) < 4.78 is 18.2. The van der Waals surface area contributed by atoms with Gasteiger partial charge >= 0.3 is 0 Å². The highest BCUT2D eigenvalue weighted by atomic mass is 19.1. The third-order valence-corrected chi connectivity index (χ3v) is 3.18. The van der Waals surface area contributed by atoms with Crippen LogP contribution < -0.4 is 15.6 Å². The molecule has 7 nitrogen and oxygen atoms in total. The molecule has 0 radical (unpaired) electrons. The molecule has 0 saturated carbocycles. The van der Waals surface area contributed by atoms with Gasteiger partial charge in [0.05, 0.1) is 0 Å². The van der Waals surface area contributed by atoms with Crippen LogP contribution in [0.25, 0.3) is 0 Å². The maximum atomic E-state index is 12.8. The van der Waals surface area contributed by atoms with Gasteiger partial charge in [-0.15, -0.1) is 0 Å². The number of benzene rings is 1. The van der Waals surface area contributed by atoms with Gasteiger partial charge in [0.2, 0.25) is 0 Å². The van der Waals surface area contributed by atoms with Crippen LogP contribution in [0.3, 0.4) is 0 Å². The molecule has 0 saturated heterocycles. The molecule has 8 heteroatoms. The van der Waals surface area contributed by atoms with Crippen LogP contribution in [0.1, 0.15) is 36.5 Å². The average molecular weight is 334 g/mol. The minimum absolute atomic E-state index is 0.186. The number of halogens is 1. The van der Waals surface area contributed by atoms with E-state index < -0.39 is 23.7 Å². The first-order chi connectivity index (χ1) is 11.5. The van der Waals surface area contributed by atoms with Crippen LogP contribution in [0.2, 0.25) is 0 Å². The van der Waals surface area contributed by atoms with Crippen molar-refractivity contribution in [1.29, 1.82) is 0 Å². The number of nitrogens with one attached hydrogen (secondary N) is 3. The molecule has 24 heavy (non-hydrogen) atoms. The van der Waals surface area contributed by atoms with Gasteiger partial charge in [0, 0.05) is 5.69 Å². The van der Waals surface area contributed by atoms with Crippen LogP contribution in [-0.4, -0.2) is 28.1 Å². The summed E-state index contributed by atoms with van der Waals surface area (Å²) in [5, 5.41) is 6.63. The molecular weight excluding hydrogens is 315 g/mol. The normalized spacial score (nSPS) is 11.6. The molecule has 2 amide bonds. The Morgan fingerprint density at radius 2 is 2.00 bits per heavy atom. The first-order valence-electron chi connectivity index (χ1n) is 7.56. The van der Waals surface area contributed by atoms with E-state index >= 15 is 0 Å². The summed E-state index contributed by atoms with van der Waals surface area (Å²) in [6, 6.07) is 6.91. The van der Waals surface area contributed by atoms with E-state index in [2.05, 4.69) is 21.0 Å². The second-order valence-corrected chi connectivity index (χ2v) is 5.19. The van der Waals surface area contributed by atoms with Crippen molar-refractivity contribution in [2.24, 2.45) is 0 Å². The predicted molar refractivity (Wildman–Crippen MR) is 84.7 cm³/mol. The molecule has 0 spiro atoms. The lowest BCUT2D eigenvalue weighted by Crippen LogP contribution is -2.47. The Bertz CT molecular complexity index is 700. The second kappa shape index (κ2) is 8.09. The van der Waals surface area contributed by atoms with E-state index in [1.54, 1.807) is 6.07 Å². The van der Waals surface area contributed by atoms with E-state index in [9.17, 15) is 14.0 Å². The molecule has 0 fully saturated rings. The van der Waals surface area contributed by atoms with Crippen LogP contribution in [-0.2, 0) is 11.2 Å². The van der Waals surface area contributed by atoms with E-state index in [0.717, 1.165) is 18.5 Å². The van der Waals surface area contributed by atoms with E-state index in [0.29, 0.717) is 5.75 Å². The number of carbonyl (C=O) groups excluding carboxylic acids is 2. The Morgan fingerprint density at radius 3 is 2.67 bits per heavy atom. The molecule has 0 aliphatic carbocycles. The van der Waals surface area contributed by atoms with Crippen molar-refractivity contribution in [2.75, 3.05) is 0 Å². The molecule has 1 atom stereocenters. The van der Waals surface area contributed by atoms with Gasteiger partial charge in [-0.3, -0.25) is 25.5 Å². The van der Waals surface area contributed by atoms with Crippen molar-refractivity contribution in [3.63, 3.8) is 0 Å². The van der Waals surface area contributed by atoms with Crippen LogP contribution in [0, 0.1) is 5.82 Å². The number of aromatic amines is 1. The first kappa shape index (κ1) is 17.5. The maximum absolute atomic E-state index is 12.8. The van der Waals surface area contributed by atoms with Gasteiger partial charge < -0.3 is 4.74 Å². The van der Waals surface area contributed by atoms with Crippen molar-refractivity contribution in [2.45, 2.75) is 32.8 Å². The van der Waals surface area contributed by atoms with Gasteiger partial charge in [0.15, 0.2) is 11.8 Å². The molecule has 2 aromatic rings. The van der Waals surface area contributed by atoms with Crippen LogP contribution >= 0.6 is 0 Å². The van der Waals surface area contributed by atoms with Gasteiger partial charge in [0.1, 0.15) is 11.6 Å². The zero-order valence-corrected chi connectivity index (χ0v) is 13.4. The monoisotopic (exact) mass is 334 g/mol. The summed E-state index contributed by atoms with van der Waals surface area (Å²) in [4.78, 5) is 23.8. The maximum Gasteiger partial charge on any atom is 0.290 e. The van der Waals surface area contributed by atoms with Crippen LogP contribution in [0.5, 0.6) is 5.75 Å². The summed E-state index contributed by atoms with van der Waals surface area (Å²) in [6.07, 6.45) is 0.846. The fraction of sp³-hybridized carbons (Fsp3) is 0.312. The number of nitrogens with zero attached hydrogens (tertiary/aromatic N) is 1. The molecule has 0 aliphatic heterocycles. The van der Waals surface area contributed by atoms with Gasteiger partial charge in [0.25, 0.3) is 11.8 Å². The largest absolute Gasteiger partial charge is 0.481 e. The quantitative estimate of drug-likeness (QED) is 0.701. The highest BCUT2D eigenvalue weighted by molar-refractivity contribution is 5.94. The number of hydrogen-bond donors (Lipinski definition) is 3. The average Bonchev–Trinajstić information content (AvgIpc) is 3.03. The second-order valence-electron chi connectivity index (χ2n) is 5.19. The topological polar surface area (TPSA) is 96.1 Å². The zero-order chi connectivity index (χ0) is 17.5. The van der Waals surface area contributed by atoms with E-state index in [4.69, 9.17) is 4.74 Å². The fourth-order valence-electron chi connectivity index (χ4n) is 1.93. The van der Waals surface area contributed by atoms with Gasteiger partial charge in [-0.1, -0.05) is 13.3 Å². The Labute approximate surface area is 138 Å². The number of hydrogen-bond acceptors (Lipinski definition) is 4. The van der Waals surface area contributed by atoms with Crippen LogP contribution in [0.4, 0.5) is 4.39 Å². The lowest BCUT2D eigenvalue weighted by molar-refractivity contribution is -0.128. The highest BCUT2D eigenvalue weighted by Gasteiger charge is 2.17. The minimum Gasteiger partial charge on any atom is -0.481 e.